The third-order valence-corrected chi connectivity index (χ3v) is 3.00. The van der Waals surface area contributed by atoms with Crippen LogP contribution in [0.5, 0.6) is 0 Å². The van der Waals surface area contributed by atoms with E-state index in [0.717, 1.165) is 10.0 Å². The summed E-state index contributed by atoms with van der Waals surface area (Å²) in [6, 6.07) is 7.71. The third kappa shape index (κ3) is 2.61. The summed E-state index contributed by atoms with van der Waals surface area (Å²) in [6.45, 7) is 3.93. The van der Waals surface area contributed by atoms with E-state index in [-0.39, 0.29) is 0 Å². The van der Waals surface area contributed by atoms with Crippen molar-refractivity contribution in [2.45, 2.75) is 13.8 Å². The van der Waals surface area contributed by atoms with Crippen molar-refractivity contribution in [3.63, 3.8) is 0 Å². The van der Waals surface area contributed by atoms with E-state index in [9.17, 15) is 4.79 Å². The van der Waals surface area contributed by atoms with Crippen molar-refractivity contribution in [2.75, 3.05) is 6.61 Å². The number of rotatable bonds is 3. The molecule has 1 aromatic heterocycles. The minimum atomic E-state index is -0.394. The number of halogens is 1. The van der Waals surface area contributed by atoms with Crippen molar-refractivity contribution >= 4 is 21.9 Å². The zero-order valence-electron chi connectivity index (χ0n) is 10.2. The van der Waals surface area contributed by atoms with Crippen LogP contribution in [-0.4, -0.2) is 22.5 Å². The van der Waals surface area contributed by atoms with Crippen molar-refractivity contribution < 1.29 is 9.53 Å². The smallest absolute Gasteiger partial charge is 0.358 e. The number of benzene rings is 1. The van der Waals surface area contributed by atoms with Gasteiger partial charge in [-0.3, -0.25) is 0 Å². The summed E-state index contributed by atoms with van der Waals surface area (Å²) in [5.41, 5.74) is 1.98. The number of hydrogen-bond acceptors (Lipinski definition) is 3. The standard InChI is InChI=1S/C13H13BrN2O2/c1-3-18-13(17)11-8(2)15-12(16-11)9-4-6-10(14)7-5-9/h4-7H,3H2,1-2H3,(H,15,16). The number of aromatic amines is 1. The average Bonchev–Trinajstić information content (AvgIpc) is 2.72. The van der Waals surface area contributed by atoms with Gasteiger partial charge >= 0.3 is 5.97 Å². The SMILES string of the molecule is CCOC(=O)c1nc(-c2ccc(Br)cc2)[nH]c1C. The maximum atomic E-state index is 11.7. The largest absolute Gasteiger partial charge is 0.461 e. The van der Waals surface area contributed by atoms with Crippen molar-refractivity contribution in [2.24, 2.45) is 0 Å². The number of ether oxygens (including phenoxy) is 1. The number of nitrogens with one attached hydrogen (secondary N) is 1. The van der Waals surface area contributed by atoms with Crippen LogP contribution in [0.15, 0.2) is 28.7 Å². The molecule has 18 heavy (non-hydrogen) atoms. The third-order valence-electron chi connectivity index (χ3n) is 2.47. The lowest BCUT2D eigenvalue weighted by Gasteiger charge is -1.98. The van der Waals surface area contributed by atoms with E-state index in [2.05, 4.69) is 25.9 Å². The predicted molar refractivity (Wildman–Crippen MR) is 72.4 cm³/mol. The fourth-order valence-electron chi connectivity index (χ4n) is 1.60. The first-order valence-electron chi connectivity index (χ1n) is 5.61. The molecule has 5 heteroatoms. The Hall–Kier alpha value is -1.62. The highest BCUT2D eigenvalue weighted by Gasteiger charge is 2.16. The number of hydrogen-bond donors (Lipinski definition) is 1. The first-order valence-corrected chi connectivity index (χ1v) is 6.40. The molecule has 0 radical (unpaired) electrons. The zero-order chi connectivity index (χ0) is 13.1. The molecule has 1 aromatic carbocycles. The Balaban J connectivity index is 2.34. The highest BCUT2D eigenvalue weighted by Crippen LogP contribution is 2.20. The van der Waals surface area contributed by atoms with Gasteiger partial charge in [-0.25, -0.2) is 9.78 Å². The topological polar surface area (TPSA) is 55.0 Å². The molecule has 4 nitrogen and oxygen atoms in total. The van der Waals surface area contributed by atoms with E-state index in [0.29, 0.717) is 23.8 Å². The van der Waals surface area contributed by atoms with Gasteiger partial charge in [-0.05, 0) is 26.0 Å². The molecule has 0 aliphatic carbocycles. The second-order valence-corrected chi connectivity index (χ2v) is 4.70. The Bertz CT molecular complexity index is 561. The Morgan fingerprint density at radius 3 is 2.67 bits per heavy atom. The monoisotopic (exact) mass is 308 g/mol. The molecule has 0 aliphatic rings. The molecule has 1 heterocycles. The quantitative estimate of drug-likeness (QED) is 0.885. The Morgan fingerprint density at radius 1 is 1.39 bits per heavy atom. The second kappa shape index (κ2) is 5.35. The Morgan fingerprint density at radius 2 is 2.06 bits per heavy atom. The summed E-state index contributed by atoms with van der Waals surface area (Å²) < 4.78 is 5.95. The number of carbonyl (C=O) groups excluding carboxylic acids is 1. The fourth-order valence-corrected chi connectivity index (χ4v) is 1.87. The highest BCUT2D eigenvalue weighted by molar-refractivity contribution is 9.10. The van der Waals surface area contributed by atoms with Crippen LogP contribution in [0.2, 0.25) is 0 Å². The van der Waals surface area contributed by atoms with Gasteiger partial charge in [-0.15, -0.1) is 0 Å². The lowest BCUT2D eigenvalue weighted by molar-refractivity contribution is 0.0519. The van der Waals surface area contributed by atoms with Crippen LogP contribution >= 0.6 is 15.9 Å². The summed E-state index contributed by atoms with van der Waals surface area (Å²) in [7, 11) is 0. The number of aromatic nitrogens is 2. The lowest BCUT2D eigenvalue weighted by Crippen LogP contribution is -2.06. The maximum absolute atomic E-state index is 11.7. The maximum Gasteiger partial charge on any atom is 0.358 e. The second-order valence-electron chi connectivity index (χ2n) is 3.79. The highest BCUT2D eigenvalue weighted by atomic mass is 79.9. The molecule has 2 rings (SSSR count). The van der Waals surface area contributed by atoms with Crippen molar-refractivity contribution in [3.8, 4) is 11.4 Å². The van der Waals surface area contributed by atoms with E-state index in [1.807, 2.05) is 31.2 Å². The summed E-state index contributed by atoms with van der Waals surface area (Å²) >= 11 is 3.38. The van der Waals surface area contributed by atoms with Crippen molar-refractivity contribution in [3.05, 3.63) is 40.1 Å². The number of imidazole rings is 1. The molecule has 1 N–H and O–H groups in total. The van der Waals surface area contributed by atoms with Crippen LogP contribution in [0, 0.1) is 6.92 Å². The Labute approximate surface area is 114 Å². The van der Waals surface area contributed by atoms with Crippen LogP contribution in [0.1, 0.15) is 23.1 Å². The van der Waals surface area contributed by atoms with Crippen LogP contribution in [0.4, 0.5) is 0 Å². The van der Waals surface area contributed by atoms with E-state index in [4.69, 9.17) is 4.74 Å². The molecule has 0 atom stereocenters. The average molecular weight is 309 g/mol. The van der Waals surface area contributed by atoms with Crippen molar-refractivity contribution in [1.82, 2.24) is 9.97 Å². The lowest BCUT2D eigenvalue weighted by atomic mass is 10.2. The molecular formula is C13H13BrN2O2. The minimum absolute atomic E-state index is 0.342. The first-order chi connectivity index (χ1) is 8.61. The van der Waals surface area contributed by atoms with Gasteiger partial charge in [0.2, 0.25) is 0 Å². The number of H-pyrrole nitrogens is 1. The molecule has 0 fully saturated rings. The van der Waals surface area contributed by atoms with Gasteiger partial charge in [0.25, 0.3) is 0 Å². The summed E-state index contributed by atoms with van der Waals surface area (Å²) in [6.07, 6.45) is 0. The summed E-state index contributed by atoms with van der Waals surface area (Å²) in [5, 5.41) is 0. The normalized spacial score (nSPS) is 10.4. The number of aryl methyl sites for hydroxylation is 1. The minimum Gasteiger partial charge on any atom is -0.461 e. The molecular weight excluding hydrogens is 296 g/mol. The van der Waals surface area contributed by atoms with Gasteiger partial charge in [-0.1, -0.05) is 28.1 Å². The van der Waals surface area contributed by atoms with Crippen LogP contribution in [0.3, 0.4) is 0 Å². The molecule has 0 bridgehead atoms. The summed E-state index contributed by atoms with van der Waals surface area (Å²) in [4.78, 5) is 19.0. The van der Waals surface area contributed by atoms with Gasteiger partial charge in [0.15, 0.2) is 5.69 Å². The van der Waals surface area contributed by atoms with Crippen molar-refractivity contribution in [1.29, 1.82) is 0 Å². The van der Waals surface area contributed by atoms with E-state index in [1.165, 1.54) is 0 Å². The van der Waals surface area contributed by atoms with E-state index >= 15 is 0 Å². The number of esters is 1. The van der Waals surface area contributed by atoms with Gasteiger partial charge in [0, 0.05) is 15.7 Å². The molecule has 0 aliphatic heterocycles. The molecule has 0 saturated heterocycles. The molecule has 0 unspecified atom stereocenters. The summed E-state index contributed by atoms with van der Waals surface area (Å²) in [5.74, 6) is 0.276. The first kappa shape index (κ1) is 12.8. The molecule has 0 saturated carbocycles. The molecule has 2 aromatic rings. The molecule has 0 spiro atoms. The van der Waals surface area contributed by atoms with Crippen LogP contribution in [0.25, 0.3) is 11.4 Å². The molecule has 0 amide bonds. The van der Waals surface area contributed by atoms with E-state index < -0.39 is 5.97 Å². The Kier molecular flexibility index (Phi) is 3.81. The van der Waals surface area contributed by atoms with Gasteiger partial charge in [0.05, 0.1) is 6.61 Å². The zero-order valence-corrected chi connectivity index (χ0v) is 11.7. The fraction of sp³-hybridized carbons (Fsp3) is 0.231. The number of carbonyl (C=O) groups is 1. The van der Waals surface area contributed by atoms with Gasteiger partial charge in [-0.2, -0.15) is 0 Å². The predicted octanol–water partition coefficient (Wildman–Crippen LogP) is 3.32. The van der Waals surface area contributed by atoms with Crippen LogP contribution in [-0.2, 0) is 4.74 Å². The van der Waals surface area contributed by atoms with Gasteiger partial charge < -0.3 is 9.72 Å². The molecule has 94 valence electrons. The van der Waals surface area contributed by atoms with E-state index in [1.54, 1.807) is 6.92 Å². The van der Waals surface area contributed by atoms with Crippen LogP contribution < -0.4 is 0 Å². The van der Waals surface area contributed by atoms with Gasteiger partial charge in [0.1, 0.15) is 5.82 Å². The number of nitrogens with zero attached hydrogens (tertiary/aromatic N) is 1.